The smallest absolute Gasteiger partial charge is 0.311 e. The molecule has 0 aliphatic carbocycles. The van der Waals surface area contributed by atoms with Crippen LogP contribution in [0.5, 0.6) is 5.75 Å². The van der Waals surface area contributed by atoms with Gasteiger partial charge in [-0.1, -0.05) is 19.9 Å². The Labute approximate surface area is 158 Å². The molecule has 1 saturated heterocycles. The molecular formula is C19H26N2O6. The summed E-state index contributed by atoms with van der Waals surface area (Å²) in [4.78, 5) is 34.8. The summed E-state index contributed by atoms with van der Waals surface area (Å²) >= 11 is 0. The van der Waals surface area contributed by atoms with Gasteiger partial charge in [-0.2, -0.15) is 0 Å². The molecule has 1 atom stereocenters. The van der Waals surface area contributed by atoms with Gasteiger partial charge in [-0.15, -0.1) is 0 Å². The number of carbonyl (C=O) groups is 2. The maximum atomic E-state index is 12.0. The summed E-state index contributed by atoms with van der Waals surface area (Å²) in [7, 11) is 0. The van der Waals surface area contributed by atoms with Crippen molar-refractivity contribution in [3.63, 3.8) is 0 Å². The molecule has 0 saturated carbocycles. The zero-order valence-corrected chi connectivity index (χ0v) is 16.3. The number of rotatable bonds is 7. The summed E-state index contributed by atoms with van der Waals surface area (Å²) < 4.78 is 11.0. The lowest BCUT2D eigenvalue weighted by atomic mass is 9.73. The van der Waals surface area contributed by atoms with Gasteiger partial charge < -0.3 is 14.8 Å². The topological polar surface area (TPSA) is 108 Å². The van der Waals surface area contributed by atoms with Crippen molar-refractivity contribution in [2.24, 2.45) is 5.41 Å². The summed E-state index contributed by atoms with van der Waals surface area (Å²) in [5.74, 6) is -0.515. The van der Waals surface area contributed by atoms with Crippen LogP contribution in [0.15, 0.2) is 18.2 Å². The SMILES string of the molecule is CCC1(CC)C(=O)N[C@@H]1Oc1ccc(CC(=O)OC(C)(C)C)cc1[N+](=O)[O-]. The van der Waals surface area contributed by atoms with E-state index in [1.807, 2.05) is 13.8 Å². The predicted molar refractivity (Wildman–Crippen MR) is 98.2 cm³/mol. The zero-order chi connectivity index (χ0) is 20.4. The molecule has 0 aromatic heterocycles. The molecule has 8 nitrogen and oxygen atoms in total. The molecule has 0 spiro atoms. The van der Waals surface area contributed by atoms with Crippen molar-refractivity contribution in [3.8, 4) is 5.75 Å². The van der Waals surface area contributed by atoms with Gasteiger partial charge in [0.1, 0.15) is 11.0 Å². The predicted octanol–water partition coefficient (Wildman–Crippen LogP) is 3.12. The Balaban J connectivity index is 2.20. The Morgan fingerprint density at radius 2 is 1.93 bits per heavy atom. The van der Waals surface area contributed by atoms with Crippen LogP contribution in [0.25, 0.3) is 0 Å². The van der Waals surface area contributed by atoms with Gasteiger partial charge >= 0.3 is 11.7 Å². The van der Waals surface area contributed by atoms with E-state index in [0.717, 1.165) is 0 Å². The number of hydrogen-bond acceptors (Lipinski definition) is 6. The van der Waals surface area contributed by atoms with E-state index in [2.05, 4.69) is 5.32 Å². The zero-order valence-electron chi connectivity index (χ0n) is 16.3. The highest BCUT2D eigenvalue weighted by Crippen LogP contribution is 2.41. The van der Waals surface area contributed by atoms with Crippen LogP contribution < -0.4 is 10.1 Å². The lowest BCUT2D eigenvalue weighted by Gasteiger charge is -2.46. The van der Waals surface area contributed by atoms with Gasteiger partial charge in [-0.3, -0.25) is 19.7 Å². The highest BCUT2D eigenvalue weighted by Gasteiger charge is 2.54. The largest absolute Gasteiger partial charge is 0.462 e. The molecule has 27 heavy (non-hydrogen) atoms. The Morgan fingerprint density at radius 1 is 1.30 bits per heavy atom. The van der Waals surface area contributed by atoms with Crippen molar-refractivity contribution in [3.05, 3.63) is 33.9 Å². The molecule has 1 aromatic carbocycles. The minimum absolute atomic E-state index is 0.0595. The molecule has 0 unspecified atom stereocenters. The fourth-order valence-corrected chi connectivity index (χ4v) is 3.11. The van der Waals surface area contributed by atoms with Crippen LogP contribution in [0.2, 0.25) is 0 Å². The first-order valence-corrected chi connectivity index (χ1v) is 8.99. The molecule has 2 rings (SSSR count). The fraction of sp³-hybridized carbons (Fsp3) is 0.579. The minimum Gasteiger partial charge on any atom is -0.462 e. The van der Waals surface area contributed by atoms with Crippen LogP contribution >= 0.6 is 0 Å². The number of β-lactam (4-membered cyclic amide) rings is 1. The summed E-state index contributed by atoms with van der Waals surface area (Å²) in [5, 5.41) is 14.1. The molecule has 1 aliphatic rings. The maximum Gasteiger partial charge on any atom is 0.311 e. The van der Waals surface area contributed by atoms with Gasteiger partial charge in [0.2, 0.25) is 5.91 Å². The standard InChI is InChI=1S/C19H26N2O6/c1-6-19(7-2)16(23)20-17(19)26-14-9-8-12(10-13(14)21(24)25)11-15(22)27-18(3,4)5/h8-10,17H,6-7,11H2,1-5H3,(H,20,23)/t17-/m1/s1. The second-order valence-electron chi connectivity index (χ2n) is 7.66. The first-order valence-electron chi connectivity index (χ1n) is 8.99. The van der Waals surface area contributed by atoms with E-state index in [1.54, 1.807) is 26.8 Å². The molecule has 1 fully saturated rings. The number of hydrogen-bond donors (Lipinski definition) is 1. The van der Waals surface area contributed by atoms with E-state index in [9.17, 15) is 19.7 Å². The number of ether oxygens (including phenoxy) is 2. The summed E-state index contributed by atoms with van der Waals surface area (Å²) in [6, 6.07) is 4.35. The highest BCUT2D eigenvalue weighted by molar-refractivity contribution is 5.89. The molecule has 1 amide bonds. The van der Waals surface area contributed by atoms with Crippen molar-refractivity contribution >= 4 is 17.6 Å². The Bertz CT molecular complexity index is 749. The van der Waals surface area contributed by atoms with Crippen LogP contribution in [0.1, 0.15) is 53.0 Å². The van der Waals surface area contributed by atoms with E-state index in [1.165, 1.54) is 12.1 Å². The van der Waals surface area contributed by atoms with Crippen LogP contribution in [0.4, 0.5) is 5.69 Å². The fourth-order valence-electron chi connectivity index (χ4n) is 3.11. The molecule has 1 N–H and O–H groups in total. The lowest BCUT2D eigenvalue weighted by Crippen LogP contribution is -2.69. The van der Waals surface area contributed by atoms with Crippen molar-refractivity contribution in [2.75, 3.05) is 0 Å². The summed E-state index contributed by atoms with van der Waals surface area (Å²) in [6.07, 6.45) is 0.456. The number of carbonyl (C=O) groups excluding carboxylic acids is 2. The normalized spacial score (nSPS) is 18.3. The van der Waals surface area contributed by atoms with E-state index in [0.29, 0.717) is 18.4 Å². The summed E-state index contributed by atoms with van der Waals surface area (Å²) in [6.45, 7) is 9.04. The Morgan fingerprint density at radius 3 is 2.41 bits per heavy atom. The average molecular weight is 378 g/mol. The molecule has 148 valence electrons. The molecular weight excluding hydrogens is 352 g/mol. The third-order valence-electron chi connectivity index (χ3n) is 4.71. The van der Waals surface area contributed by atoms with Crippen LogP contribution in [0.3, 0.4) is 0 Å². The first-order chi connectivity index (χ1) is 12.5. The monoisotopic (exact) mass is 378 g/mol. The van der Waals surface area contributed by atoms with Crippen molar-refractivity contribution < 1.29 is 24.0 Å². The van der Waals surface area contributed by atoms with Crippen LogP contribution in [0, 0.1) is 15.5 Å². The third-order valence-corrected chi connectivity index (χ3v) is 4.71. The van der Waals surface area contributed by atoms with E-state index in [4.69, 9.17) is 9.47 Å². The van der Waals surface area contributed by atoms with Crippen molar-refractivity contribution in [1.82, 2.24) is 5.32 Å². The third kappa shape index (κ3) is 4.37. The maximum absolute atomic E-state index is 12.0. The van der Waals surface area contributed by atoms with Crippen molar-refractivity contribution in [2.45, 2.75) is 65.7 Å². The Hall–Kier alpha value is -2.64. The van der Waals surface area contributed by atoms with Gasteiger partial charge in [0.15, 0.2) is 12.0 Å². The van der Waals surface area contributed by atoms with Crippen molar-refractivity contribution in [1.29, 1.82) is 0 Å². The number of nitrogens with zero attached hydrogens (tertiary/aromatic N) is 1. The highest BCUT2D eigenvalue weighted by atomic mass is 16.6. The van der Waals surface area contributed by atoms with Gasteiger partial charge in [0.05, 0.1) is 11.3 Å². The van der Waals surface area contributed by atoms with Gasteiger partial charge in [0, 0.05) is 6.07 Å². The molecule has 1 aliphatic heterocycles. The number of benzene rings is 1. The van der Waals surface area contributed by atoms with Gasteiger partial charge in [-0.25, -0.2) is 0 Å². The van der Waals surface area contributed by atoms with Crippen LogP contribution in [-0.4, -0.2) is 28.6 Å². The minimum atomic E-state index is -0.678. The lowest BCUT2D eigenvalue weighted by molar-refractivity contribution is -0.386. The molecule has 8 heteroatoms. The Kier molecular flexibility index (Phi) is 5.77. The second-order valence-corrected chi connectivity index (χ2v) is 7.66. The number of amides is 1. The number of nitrogens with one attached hydrogen (secondary N) is 1. The first kappa shape index (κ1) is 20.7. The molecule has 0 bridgehead atoms. The second kappa shape index (κ2) is 7.54. The quantitative estimate of drug-likeness (QED) is 0.338. The summed E-state index contributed by atoms with van der Waals surface area (Å²) in [5.41, 5.74) is -1.10. The molecule has 1 aromatic rings. The number of esters is 1. The number of nitro benzene ring substituents is 1. The molecule has 0 radical (unpaired) electrons. The van der Waals surface area contributed by atoms with E-state index < -0.39 is 28.1 Å². The van der Waals surface area contributed by atoms with Gasteiger partial charge in [0.25, 0.3) is 0 Å². The van der Waals surface area contributed by atoms with Gasteiger partial charge in [-0.05, 0) is 45.2 Å². The van der Waals surface area contributed by atoms with Crippen LogP contribution in [-0.2, 0) is 20.7 Å². The number of nitro groups is 1. The molecule has 1 heterocycles. The average Bonchev–Trinajstić information content (AvgIpc) is 2.54. The van der Waals surface area contributed by atoms with E-state index in [-0.39, 0.29) is 23.8 Å². The van der Waals surface area contributed by atoms with E-state index >= 15 is 0 Å².